The zero-order chi connectivity index (χ0) is 20.9. The molecule has 1 N–H and O–H groups in total. The summed E-state index contributed by atoms with van der Waals surface area (Å²) in [6, 6.07) is 24.4. The van der Waals surface area contributed by atoms with Gasteiger partial charge in [0.25, 0.3) is 10.0 Å². The van der Waals surface area contributed by atoms with Crippen molar-refractivity contribution in [2.45, 2.75) is 17.9 Å². The molecule has 0 saturated carbocycles. The summed E-state index contributed by atoms with van der Waals surface area (Å²) in [7, 11) is -3.76. The van der Waals surface area contributed by atoms with E-state index < -0.39 is 10.0 Å². The molecular weight excluding hydrogens is 396 g/mol. The van der Waals surface area contributed by atoms with Gasteiger partial charge < -0.3 is 5.32 Å². The fraction of sp³-hybridized carbons (Fsp3) is 0.125. The molecule has 1 amide bonds. The smallest absolute Gasteiger partial charge is 0.265 e. The van der Waals surface area contributed by atoms with Crippen LogP contribution in [0.25, 0.3) is 21.5 Å². The number of amides is 1. The van der Waals surface area contributed by atoms with Gasteiger partial charge in [-0.1, -0.05) is 66.7 Å². The lowest BCUT2D eigenvalue weighted by Crippen LogP contribution is -2.39. The van der Waals surface area contributed by atoms with Crippen LogP contribution in [0.3, 0.4) is 0 Å². The number of nitrogens with zero attached hydrogens (tertiary/aromatic N) is 1. The van der Waals surface area contributed by atoms with Crippen molar-refractivity contribution in [1.29, 1.82) is 0 Å². The molecule has 6 heteroatoms. The molecule has 0 radical (unpaired) electrons. The van der Waals surface area contributed by atoms with Crippen LogP contribution >= 0.6 is 0 Å². The molecule has 30 heavy (non-hydrogen) atoms. The molecule has 0 bridgehead atoms. The molecule has 0 aliphatic carbocycles. The number of carbonyl (C=O) groups excluding carboxylic acids is 1. The van der Waals surface area contributed by atoms with Crippen LogP contribution in [-0.4, -0.2) is 20.9 Å². The number of nitrogens with one attached hydrogen (secondary N) is 1. The number of hydrogen-bond acceptors (Lipinski definition) is 3. The first-order valence-corrected chi connectivity index (χ1v) is 11.2. The van der Waals surface area contributed by atoms with Gasteiger partial charge >= 0.3 is 0 Å². The summed E-state index contributed by atoms with van der Waals surface area (Å²) in [5.41, 5.74) is 1.55. The maximum atomic E-state index is 13.1. The van der Waals surface area contributed by atoms with Crippen LogP contribution in [0.5, 0.6) is 0 Å². The fourth-order valence-corrected chi connectivity index (χ4v) is 5.92. The minimum absolute atomic E-state index is 0.255. The van der Waals surface area contributed by atoms with Gasteiger partial charge in [-0.3, -0.25) is 9.10 Å². The van der Waals surface area contributed by atoms with Crippen LogP contribution in [0.15, 0.2) is 83.8 Å². The molecule has 1 aliphatic rings. The number of hydrogen-bond donors (Lipinski definition) is 1. The summed E-state index contributed by atoms with van der Waals surface area (Å²) in [4.78, 5) is 13.1. The Bertz CT molecular complexity index is 1400. The van der Waals surface area contributed by atoms with E-state index in [1.54, 1.807) is 18.2 Å². The summed E-state index contributed by atoms with van der Waals surface area (Å²) >= 11 is 0. The maximum Gasteiger partial charge on any atom is 0.265 e. The molecule has 0 aromatic heterocycles. The number of fused-ring (bicyclic) bond motifs is 1. The van der Waals surface area contributed by atoms with Crippen LogP contribution in [0, 0.1) is 0 Å². The van der Waals surface area contributed by atoms with E-state index in [9.17, 15) is 13.2 Å². The van der Waals surface area contributed by atoms with E-state index in [4.69, 9.17) is 0 Å². The first kappa shape index (κ1) is 18.6. The second kappa shape index (κ2) is 6.85. The van der Waals surface area contributed by atoms with Gasteiger partial charge in [-0.2, -0.15) is 0 Å². The Morgan fingerprint density at radius 1 is 0.900 bits per heavy atom. The predicted molar refractivity (Wildman–Crippen MR) is 119 cm³/mol. The summed E-state index contributed by atoms with van der Waals surface area (Å²) < 4.78 is 27.4. The molecule has 5 nitrogen and oxygen atoms in total. The summed E-state index contributed by atoms with van der Waals surface area (Å²) in [5, 5.41) is 6.66. The molecule has 0 spiro atoms. The van der Waals surface area contributed by atoms with Crippen molar-refractivity contribution in [3.05, 3.63) is 84.4 Å². The maximum absolute atomic E-state index is 13.1. The van der Waals surface area contributed by atoms with Crippen molar-refractivity contribution < 1.29 is 13.2 Å². The Balaban J connectivity index is 1.43. The fourth-order valence-electron chi connectivity index (χ4n) is 4.25. The Kier molecular flexibility index (Phi) is 4.25. The van der Waals surface area contributed by atoms with Gasteiger partial charge in [0.05, 0.1) is 16.6 Å². The molecule has 4 aromatic carbocycles. The molecule has 0 saturated heterocycles. The first-order valence-electron chi connectivity index (χ1n) is 9.78. The number of anilines is 1. The number of rotatable bonds is 4. The third-order valence-electron chi connectivity index (χ3n) is 5.64. The average Bonchev–Trinajstić information content (AvgIpc) is 2.96. The SMILES string of the molecule is C[C@@H](NC(=O)CN1c2cccc3cccc(c23)S1(=O)=O)c1cccc2ccccc12. The third-order valence-corrected chi connectivity index (χ3v) is 7.44. The Hall–Kier alpha value is -3.38. The van der Waals surface area contributed by atoms with E-state index in [2.05, 4.69) is 5.32 Å². The van der Waals surface area contributed by atoms with Gasteiger partial charge in [-0.15, -0.1) is 0 Å². The Morgan fingerprint density at radius 3 is 2.40 bits per heavy atom. The highest BCUT2D eigenvalue weighted by atomic mass is 32.2. The summed E-state index contributed by atoms with van der Waals surface area (Å²) in [6.45, 7) is 1.65. The van der Waals surface area contributed by atoms with Gasteiger partial charge in [0.15, 0.2) is 0 Å². The van der Waals surface area contributed by atoms with Crippen molar-refractivity contribution in [2.75, 3.05) is 10.8 Å². The van der Waals surface area contributed by atoms with Crippen LogP contribution in [0.4, 0.5) is 5.69 Å². The van der Waals surface area contributed by atoms with Gasteiger partial charge in [-0.05, 0) is 40.8 Å². The minimum atomic E-state index is -3.76. The number of benzene rings is 4. The van der Waals surface area contributed by atoms with Crippen molar-refractivity contribution in [1.82, 2.24) is 5.32 Å². The summed E-state index contributed by atoms with van der Waals surface area (Å²) in [5.74, 6) is -0.344. The molecule has 0 fully saturated rings. The van der Waals surface area contributed by atoms with Crippen molar-refractivity contribution in [3.8, 4) is 0 Å². The zero-order valence-corrected chi connectivity index (χ0v) is 17.2. The zero-order valence-electron chi connectivity index (χ0n) is 16.4. The Morgan fingerprint density at radius 2 is 1.57 bits per heavy atom. The van der Waals surface area contributed by atoms with E-state index >= 15 is 0 Å². The molecule has 5 rings (SSSR count). The standard InChI is InChI=1S/C24H20N2O3S/c1-16(19-12-4-8-17-7-2-3-11-20(17)19)25-23(27)15-26-21-13-5-9-18-10-6-14-22(24(18)21)30(26,28)29/h2-14,16H,15H2,1H3,(H,25,27)/t16-/m1/s1. The lowest BCUT2D eigenvalue weighted by Gasteiger charge is -2.21. The normalized spacial score (nSPS) is 15.4. The molecular formula is C24H20N2O3S. The molecule has 0 unspecified atom stereocenters. The molecule has 4 aromatic rings. The van der Waals surface area contributed by atoms with Crippen LogP contribution in [-0.2, 0) is 14.8 Å². The lowest BCUT2D eigenvalue weighted by molar-refractivity contribution is -0.120. The van der Waals surface area contributed by atoms with E-state index in [1.807, 2.05) is 67.6 Å². The van der Waals surface area contributed by atoms with E-state index in [-0.39, 0.29) is 23.4 Å². The number of carbonyl (C=O) groups is 1. The monoisotopic (exact) mass is 416 g/mol. The predicted octanol–water partition coefficient (Wildman–Crippen LogP) is 4.38. The van der Waals surface area contributed by atoms with E-state index in [1.165, 1.54) is 4.31 Å². The first-order chi connectivity index (χ1) is 14.5. The highest BCUT2D eigenvalue weighted by Gasteiger charge is 2.36. The van der Waals surface area contributed by atoms with Gasteiger partial charge in [0, 0.05) is 5.39 Å². The molecule has 1 heterocycles. The lowest BCUT2D eigenvalue weighted by atomic mass is 10.00. The highest BCUT2D eigenvalue weighted by Crippen LogP contribution is 2.41. The van der Waals surface area contributed by atoms with E-state index in [0.717, 1.165) is 21.7 Å². The third kappa shape index (κ3) is 2.83. The number of sulfonamides is 1. The van der Waals surface area contributed by atoms with Crippen LogP contribution < -0.4 is 9.62 Å². The van der Waals surface area contributed by atoms with Crippen LogP contribution in [0.2, 0.25) is 0 Å². The Labute approximate surface area is 175 Å². The topological polar surface area (TPSA) is 66.5 Å². The van der Waals surface area contributed by atoms with Crippen LogP contribution in [0.1, 0.15) is 18.5 Å². The largest absolute Gasteiger partial charge is 0.348 e. The second-order valence-electron chi connectivity index (χ2n) is 7.50. The second-order valence-corrected chi connectivity index (χ2v) is 9.33. The summed E-state index contributed by atoms with van der Waals surface area (Å²) in [6.07, 6.45) is 0. The molecule has 1 aliphatic heterocycles. The quantitative estimate of drug-likeness (QED) is 0.537. The van der Waals surface area contributed by atoms with Crippen molar-refractivity contribution in [2.24, 2.45) is 0 Å². The van der Waals surface area contributed by atoms with Gasteiger partial charge in [-0.25, -0.2) is 8.42 Å². The van der Waals surface area contributed by atoms with Gasteiger partial charge in [0.1, 0.15) is 6.54 Å². The van der Waals surface area contributed by atoms with E-state index in [0.29, 0.717) is 11.1 Å². The van der Waals surface area contributed by atoms with Gasteiger partial charge in [0.2, 0.25) is 5.91 Å². The highest BCUT2D eigenvalue weighted by molar-refractivity contribution is 7.93. The van der Waals surface area contributed by atoms with Crippen molar-refractivity contribution in [3.63, 3.8) is 0 Å². The average molecular weight is 417 g/mol. The van der Waals surface area contributed by atoms with Crippen molar-refractivity contribution >= 4 is 43.2 Å². The minimum Gasteiger partial charge on any atom is -0.348 e. The molecule has 1 atom stereocenters. The molecule has 150 valence electrons.